The van der Waals surface area contributed by atoms with Crippen LogP contribution in [0.3, 0.4) is 0 Å². The Morgan fingerprint density at radius 1 is 1.20 bits per heavy atom. The van der Waals surface area contributed by atoms with Gasteiger partial charge in [0.15, 0.2) is 0 Å². The Labute approximate surface area is 65.2 Å². The summed E-state index contributed by atoms with van der Waals surface area (Å²) in [5.41, 5.74) is 5.42. The average Bonchev–Trinajstić information content (AvgIpc) is 2.48. The fourth-order valence-electron chi connectivity index (χ4n) is 0.711. The number of nitrogens with two attached hydrogens (primary N) is 1. The van der Waals surface area contributed by atoms with E-state index in [0.29, 0.717) is 6.17 Å². The second-order valence-corrected chi connectivity index (χ2v) is 1.70. The van der Waals surface area contributed by atoms with E-state index in [9.17, 15) is 0 Å². The lowest BCUT2D eigenvalue weighted by atomic mass is 10.3. The van der Waals surface area contributed by atoms with Crippen molar-refractivity contribution in [1.82, 2.24) is 5.32 Å². The summed E-state index contributed by atoms with van der Waals surface area (Å²) < 4.78 is 0. The molecule has 0 aromatic carbocycles. The van der Waals surface area contributed by atoms with Crippen molar-refractivity contribution in [2.45, 2.75) is 46.7 Å². The zero-order valence-electron chi connectivity index (χ0n) is 7.78. The van der Waals surface area contributed by atoms with E-state index in [1.165, 1.54) is 6.42 Å². The Morgan fingerprint density at radius 3 is 1.80 bits per heavy atom. The monoisotopic (exact) mass is 146 g/mol. The molecule has 1 unspecified atom stereocenters. The second kappa shape index (κ2) is 11.7. The fourth-order valence-corrected chi connectivity index (χ4v) is 0.711. The van der Waals surface area contributed by atoms with Crippen LogP contribution >= 0.6 is 0 Å². The second-order valence-electron chi connectivity index (χ2n) is 1.70. The molecular weight excluding hydrogens is 124 g/mol. The highest BCUT2D eigenvalue weighted by molar-refractivity contribution is 4.66. The number of rotatable bonds is 0. The smallest absolute Gasteiger partial charge is 0.0546 e. The van der Waals surface area contributed by atoms with Gasteiger partial charge in [0.25, 0.3) is 0 Å². The van der Waals surface area contributed by atoms with Gasteiger partial charge in [0.05, 0.1) is 6.17 Å². The SMILES string of the molecule is CC.CC.NC1CCCN1. The van der Waals surface area contributed by atoms with Gasteiger partial charge in [0, 0.05) is 0 Å². The molecule has 0 spiro atoms. The molecule has 1 rings (SSSR count). The Hall–Kier alpha value is -0.0800. The normalized spacial score (nSPS) is 21.9. The van der Waals surface area contributed by atoms with Crippen molar-refractivity contribution in [2.24, 2.45) is 5.73 Å². The molecule has 0 aliphatic carbocycles. The molecule has 0 saturated carbocycles. The van der Waals surface area contributed by atoms with Crippen LogP contribution < -0.4 is 11.1 Å². The topological polar surface area (TPSA) is 38.0 Å². The summed E-state index contributed by atoms with van der Waals surface area (Å²) in [5.74, 6) is 0. The predicted octanol–water partition coefficient (Wildman–Crippen LogP) is 1.71. The minimum atomic E-state index is 0.296. The van der Waals surface area contributed by atoms with Crippen molar-refractivity contribution in [3.8, 4) is 0 Å². The molecule has 0 amide bonds. The molecule has 1 aliphatic rings. The predicted molar refractivity (Wildman–Crippen MR) is 47.9 cm³/mol. The van der Waals surface area contributed by atoms with Gasteiger partial charge in [-0.2, -0.15) is 0 Å². The maximum atomic E-state index is 5.42. The standard InChI is InChI=1S/C4H10N2.2C2H6/c5-4-2-1-3-6-4;2*1-2/h4,6H,1-3,5H2;2*1-2H3. The third-order valence-electron chi connectivity index (χ3n) is 1.10. The highest BCUT2D eigenvalue weighted by atomic mass is 15.0. The molecule has 2 heteroatoms. The van der Waals surface area contributed by atoms with Crippen LogP contribution in [0.1, 0.15) is 40.5 Å². The van der Waals surface area contributed by atoms with Gasteiger partial charge in [-0.3, -0.25) is 0 Å². The molecule has 2 nitrogen and oxygen atoms in total. The van der Waals surface area contributed by atoms with Crippen LogP contribution in [0.15, 0.2) is 0 Å². The van der Waals surface area contributed by atoms with E-state index in [2.05, 4.69) is 5.32 Å². The summed E-state index contributed by atoms with van der Waals surface area (Å²) in [7, 11) is 0. The Morgan fingerprint density at radius 2 is 1.70 bits per heavy atom. The highest BCUT2D eigenvalue weighted by Crippen LogP contribution is 1.96. The minimum Gasteiger partial charge on any atom is -0.316 e. The molecule has 3 N–H and O–H groups in total. The van der Waals surface area contributed by atoms with Gasteiger partial charge in [0.1, 0.15) is 0 Å². The summed E-state index contributed by atoms with van der Waals surface area (Å²) in [4.78, 5) is 0. The molecule has 1 fully saturated rings. The Bertz CT molecular complexity index is 40.5. The summed E-state index contributed by atoms with van der Waals surface area (Å²) in [6.45, 7) is 9.11. The van der Waals surface area contributed by atoms with Crippen LogP contribution in [0.5, 0.6) is 0 Å². The quantitative estimate of drug-likeness (QED) is 0.546. The lowest BCUT2D eigenvalue weighted by Gasteiger charge is -1.95. The van der Waals surface area contributed by atoms with Crippen LogP contribution in [0.25, 0.3) is 0 Å². The minimum absolute atomic E-state index is 0.296. The molecule has 1 heterocycles. The van der Waals surface area contributed by atoms with Crippen LogP contribution in [0.4, 0.5) is 0 Å². The summed E-state index contributed by atoms with van der Waals surface area (Å²) in [6.07, 6.45) is 2.70. The van der Waals surface area contributed by atoms with E-state index in [1.807, 2.05) is 27.7 Å². The molecule has 10 heavy (non-hydrogen) atoms. The number of nitrogens with one attached hydrogen (secondary N) is 1. The first-order valence-corrected chi connectivity index (χ1v) is 4.38. The number of hydrogen-bond donors (Lipinski definition) is 2. The first-order valence-electron chi connectivity index (χ1n) is 4.38. The molecule has 1 aliphatic heterocycles. The summed E-state index contributed by atoms with van der Waals surface area (Å²) in [6, 6.07) is 0. The van der Waals surface area contributed by atoms with E-state index in [4.69, 9.17) is 5.73 Å². The maximum absolute atomic E-state index is 5.42. The van der Waals surface area contributed by atoms with Gasteiger partial charge in [-0.1, -0.05) is 27.7 Å². The third-order valence-corrected chi connectivity index (χ3v) is 1.10. The zero-order valence-corrected chi connectivity index (χ0v) is 7.78. The van der Waals surface area contributed by atoms with Crippen LogP contribution in [-0.4, -0.2) is 12.7 Å². The van der Waals surface area contributed by atoms with Crippen molar-refractivity contribution >= 4 is 0 Å². The summed E-state index contributed by atoms with van der Waals surface area (Å²) >= 11 is 0. The molecular formula is C8H22N2. The molecule has 0 aromatic rings. The van der Waals surface area contributed by atoms with Gasteiger partial charge in [-0.25, -0.2) is 0 Å². The Balaban J connectivity index is 0. The molecule has 1 atom stereocenters. The van der Waals surface area contributed by atoms with Crippen molar-refractivity contribution in [1.29, 1.82) is 0 Å². The zero-order chi connectivity index (χ0) is 8.41. The molecule has 0 radical (unpaired) electrons. The molecule has 0 bridgehead atoms. The van der Waals surface area contributed by atoms with Gasteiger partial charge in [-0.05, 0) is 19.4 Å². The highest BCUT2D eigenvalue weighted by Gasteiger charge is 2.05. The van der Waals surface area contributed by atoms with Crippen LogP contribution in [0, 0.1) is 0 Å². The van der Waals surface area contributed by atoms with Crippen molar-refractivity contribution in [3.05, 3.63) is 0 Å². The molecule has 64 valence electrons. The lowest BCUT2D eigenvalue weighted by Crippen LogP contribution is -2.30. The first-order chi connectivity index (χ1) is 4.89. The van der Waals surface area contributed by atoms with Gasteiger partial charge in [0.2, 0.25) is 0 Å². The van der Waals surface area contributed by atoms with Crippen LogP contribution in [0.2, 0.25) is 0 Å². The van der Waals surface area contributed by atoms with Crippen LogP contribution in [-0.2, 0) is 0 Å². The van der Waals surface area contributed by atoms with Gasteiger partial charge >= 0.3 is 0 Å². The van der Waals surface area contributed by atoms with Crippen molar-refractivity contribution < 1.29 is 0 Å². The Kier molecular flexibility index (Phi) is 14.7. The fraction of sp³-hybridized carbons (Fsp3) is 1.00. The first kappa shape index (κ1) is 12.6. The number of hydrogen-bond acceptors (Lipinski definition) is 2. The molecule has 1 saturated heterocycles. The van der Waals surface area contributed by atoms with E-state index < -0.39 is 0 Å². The lowest BCUT2D eigenvalue weighted by molar-refractivity contribution is 0.634. The van der Waals surface area contributed by atoms with Gasteiger partial charge in [-0.15, -0.1) is 0 Å². The largest absolute Gasteiger partial charge is 0.316 e. The maximum Gasteiger partial charge on any atom is 0.0546 e. The van der Waals surface area contributed by atoms with E-state index in [-0.39, 0.29) is 0 Å². The molecule has 0 aromatic heterocycles. The van der Waals surface area contributed by atoms with Gasteiger partial charge < -0.3 is 11.1 Å². The summed E-state index contributed by atoms with van der Waals surface area (Å²) in [5, 5.41) is 3.10. The van der Waals surface area contributed by atoms with Crippen molar-refractivity contribution in [3.63, 3.8) is 0 Å². The van der Waals surface area contributed by atoms with E-state index in [1.54, 1.807) is 0 Å². The van der Waals surface area contributed by atoms with E-state index in [0.717, 1.165) is 13.0 Å². The third kappa shape index (κ3) is 7.92. The van der Waals surface area contributed by atoms with E-state index >= 15 is 0 Å². The average molecular weight is 146 g/mol. The van der Waals surface area contributed by atoms with Crippen molar-refractivity contribution in [2.75, 3.05) is 6.54 Å².